The van der Waals surface area contributed by atoms with E-state index in [1.807, 2.05) is 31.2 Å². The van der Waals surface area contributed by atoms with Gasteiger partial charge in [-0.25, -0.2) is 4.98 Å². The van der Waals surface area contributed by atoms with Crippen molar-refractivity contribution in [1.29, 1.82) is 0 Å². The van der Waals surface area contributed by atoms with E-state index in [0.29, 0.717) is 39.1 Å². The molecule has 0 unspecified atom stereocenters. The maximum atomic E-state index is 12.7. The van der Waals surface area contributed by atoms with Gasteiger partial charge in [0.15, 0.2) is 5.58 Å². The number of nitrogens with one attached hydrogen (secondary N) is 1. The second kappa shape index (κ2) is 10.3. The van der Waals surface area contributed by atoms with Gasteiger partial charge in [0.05, 0.1) is 0 Å². The average Bonchev–Trinajstić information content (AvgIpc) is 3.50. The summed E-state index contributed by atoms with van der Waals surface area (Å²) in [4.78, 5) is 17.3. The lowest BCUT2D eigenvalue weighted by atomic mass is 10.0. The van der Waals surface area contributed by atoms with E-state index in [0.717, 1.165) is 27.8 Å². The highest BCUT2D eigenvalue weighted by atomic mass is 35.5. The van der Waals surface area contributed by atoms with E-state index in [9.17, 15) is 4.79 Å². The fourth-order valence-electron chi connectivity index (χ4n) is 3.94. The van der Waals surface area contributed by atoms with Crippen LogP contribution in [0.15, 0.2) is 81.6 Å². The summed E-state index contributed by atoms with van der Waals surface area (Å²) in [5, 5.41) is 3.97. The van der Waals surface area contributed by atoms with Crippen LogP contribution in [0.3, 0.4) is 0 Å². The summed E-state index contributed by atoms with van der Waals surface area (Å²) in [6.45, 7) is 6.22. The third kappa shape index (κ3) is 5.63. The minimum Gasteiger partial charge on any atom is -0.457 e. The van der Waals surface area contributed by atoms with Crippen LogP contribution in [0.2, 0.25) is 10.0 Å². The first-order chi connectivity index (χ1) is 17.7. The molecule has 0 radical (unpaired) electrons. The normalized spacial score (nSPS) is 11.6. The molecular formula is C30H24Cl2N2O3. The van der Waals surface area contributed by atoms with Crippen molar-refractivity contribution in [1.82, 2.24) is 4.98 Å². The number of furan rings is 1. The van der Waals surface area contributed by atoms with E-state index in [2.05, 4.69) is 36.3 Å². The summed E-state index contributed by atoms with van der Waals surface area (Å²) in [6.07, 6.45) is 3.03. The highest BCUT2D eigenvalue weighted by Crippen LogP contribution is 2.31. The molecule has 5 nitrogen and oxygen atoms in total. The first-order valence-electron chi connectivity index (χ1n) is 11.8. The van der Waals surface area contributed by atoms with Crippen molar-refractivity contribution in [2.75, 3.05) is 5.32 Å². The lowest BCUT2D eigenvalue weighted by Gasteiger charge is -2.07. The van der Waals surface area contributed by atoms with Gasteiger partial charge in [-0.15, -0.1) is 0 Å². The molecule has 0 aliphatic carbocycles. The highest BCUT2D eigenvalue weighted by Gasteiger charge is 2.13. The number of carbonyl (C=O) groups is 1. The zero-order chi connectivity index (χ0) is 26.1. The summed E-state index contributed by atoms with van der Waals surface area (Å²) < 4.78 is 11.8. The Labute approximate surface area is 224 Å². The van der Waals surface area contributed by atoms with Gasteiger partial charge in [0.2, 0.25) is 11.8 Å². The lowest BCUT2D eigenvalue weighted by Crippen LogP contribution is -2.09. The zero-order valence-corrected chi connectivity index (χ0v) is 22.0. The predicted octanol–water partition coefficient (Wildman–Crippen LogP) is 9.15. The molecule has 0 saturated heterocycles. The molecule has 2 aromatic heterocycles. The van der Waals surface area contributed by atoms with Crippen molar-refractivity contribution in [3.8, 4) is 22.8 Å². The second-order valence-electron chi connectivity index (χ2n) is 9.11. The number of amides is 1. The molecule has 0 aliphatic heterocycles. The van der Waals surface area contributed by atoms with Gasteiger partial charge >= 0.3 is 0 Å². The molecular weight excluding hydrogens is 507 g/mol. The molecule has 0 aliphatic rings. The van der Waals surface area contributed by atoms with Crippen molar-refractivity contribution in [2.45, 2.75) is 26.7 Å². The quantitative estimate of drug-likeness (QED) is 0.222. The summed E-state index contributed by atoms with van der Waals surface area (Å²) in [5.41, 5.74) is 5.88. The molecule has 5 aromatic rings. The zero-order valence-electron chi connectivity index (χ0n) is 20.5. The maximum Gasteiger partial charge on any atom is 0.248 e. The third-order valence-corrected chi connectivity index (χ3v) is 6.43. The van der Waals surface area contributed by atoms with Crippen LogP contribution < -0.4 is 5.32 Å². The van der Waals surface area contributed by atoms with E-state index >= 15 is 0 Å². The molecule has 7 heteroatoms. The number of carbonyl (C=O) groups excluding carboxylic acids is 1. The molecule has 5 rings (SSSR count). The molecule has 186 valence electrons. The lowest BCUT2D eigenvalue weighted by molar-refractivity contribution is -0.111. The van der Waals surface area contributed by atoms with Gasteiger partial charge in [-0.2, -0.15) is 0 Å². The van der Waals surface area contributed by atoms with E-state index < -0.39 is 0 Å². The van der Waals surface area contributed by atoms with Gasteiger partial charge in [0.1, 0.15) is 17.0 Å². The van der Waals surface area contributed by atoms with Crippen LogP contribution in [0.5, 0.6) is 0 Å². The fourth-order valence-corrected chi connectivity index (χ4v) is 4.47. The number of hydrogen-bond acceptors (Lipinski definition) is 4. The Morgan fingerprint density at radius 1 is 0.919 bits per heavy atom. The molecule has 0 fully saturated rings. The number of anilines is 1. The first-order valence-corrected chi connectivity index (χ1v) is 12.6. The summed E-state index contributed by atoms with van der Waals surface area (Å²) in [5.74, 6) is 1.75. The van der Waals surface area contributed by atoms with Crippen molar-refractivity contribution >= 4 is 52.0 Å². The Morgan fingerprint density at radius 3 is 2.46 bits per heavy atom. The summed E-state index contributed by atoms with van der Waals surface area (Å²) in [6, 6.07) is 20.5. The number of fused-ring (bicyclic) bond motifs is 1. The van der Waals surface area contributed by atoms with Gasteiger partial charge < -0.3 is 14.2 Å². The Bertz CT molecular complexity index is 1630. The van der Waals surface area contributed by atoms with E-state index in [4.69, 9.17) is 32.0 Å². The minimum atomic E-state index is -0.289. The molecule has 0 saturated carbocycles. The van der Waals surface area contributed by atoms with Crippen LogP contribution in [0.4, 0.5) is 5.69 Å². The average molecular weight is 531 g/mol. The number of aryl methyl sites for hydroxylation is 1. The third-order valence-electron chi connectivity index (χ3n) is 5.99. The van der Waals surface area contributed by atoms with Gasteiger partial charge in [-0.3, -0.25) is 4.79 Å². The van der Waals surface area contributed by atoms with Gasteiger partial charge in [0.25, 0.3) is 0 Å². The smallest absolute Gasteiger partial charge is 0.248 e. The van der Waals surface area contributed by atoms with Crippen LogP contribution in [-0.2, 0) is 4.79 Å². The van der Waals surface area contributed by atoms with Crippen LogP contribution in [0.25, 0.3) is 40.0 Å². The Hall–Kier alpha value is -3.80. The molecule has 1 amide bonds. The Kier molecular flexibility index (Phi) is 6.92. The topological polar surface area (TPSA) is 68.3 Å². The van der Waals surface area contributed by atoms with E-state index in [-0.39, 0.29) is 5.91 Å². The molecule has 1 N–H and O–H groups in total. The number of halogens is 2. The summed E-state index contributed by atoms with van der Waals surface area (Å²) >= 11 is 12.2. The molecule has 0 atom stereocenters. The van der Waals surface area contributed by atoms with Crippen molar-refractivity contribution in [3.63, 3.8) is 0 Å². The SMILES string of the molecule is Cc1ccc(-c2nc3cc(C(C)C)ccc3o2)cc1NC(=O)/C=C/c1ccc(-c2cc(Cl)cc(Cl)c2)o1. The second-order valence-corrected chi connectivity index (χ2v) is 9.99. The van der Waals surface area contributed by atoms with Gasteiger partial charge in [-0.1, -0.05) is 49.2 Å². The fraction of sp³-hybridized carbons (Fsp3) is 0.133. The van der Waals surface area contributed by atoms with Gasteiger partial charge in [0, 0.05) is 32.9 Å². The van der Waals surface area contributed by atoms with E-state index in [1.165, 1.54) is 11.6 Å². The number of rotatable bonds is 6. The minimum absolute atomic E-state index is 0.289. The molecule has 37 heavy (non-hydrogen) atoms. The maximum absolute atomic E-state index is 12.7. The monoisotopic (exact) mass is 530 g/mol. The number of aromatic nitrogens is 1. The van der Waals surface area contributed by atoms with E-state index in [1.54, 1.807) is 36.4 Å². The van der Waals surface area contributed by atoms with Crippen LogP contribution in [-0.4, -0.2) is 10.9 Å². The van der Waals surface area contributed by atoms with Gasteiger partial charge in [-0.05, 0) is 84.6 Å². The highest BCUT2D eigenvalue weighted by molar-refractivity contribution is 6.35. The van der Waals surface area contributed by atoms with Crippen molar-refractivity contribution in [3.05, 3.63) is 99.7 Å². The largest absolute Gasteiger partial charge is 0.457 e. The molecule has 3 aromatic carbocycles. The number of oxazole rings is 1. The number of benzene rings is 3. The number of hydrogen-bond donors (Lipinski definition) is 1. The van der Waals surface area contributed by atoms with Crippen molar-refractivity contribution < 1.29 is 13.6 Å². The molecule has 0 spiro atoms. The molecule has 2 heterocycles. The summed E-state index contributed by atoms with van der Waals surface area (Å²) in [7, 11) is 0. The van der Waals surface area contributed by atoms with Crippen molar-refractivity contribution in [2.24, 2.45) is 0 Å². The Balaban J connectivity index is 1.32. The van der Waals surface area contributed by atoms with Crippen LogP contribution in [0.1, 0.15) is 36.7 Å². The standard InChI is InChI=1S/C30H24Cl2N2O3/c1-17(2)19-6-9-28-26(14-19)34-30(37-28)20-5-4-18(3)25(15-20)33-29(35)11-8-24-7-10-27(36-24)21-12-22(31)16-23(32)13-21/h4-17H,1-3H3,(H,33,35)/b11-8+. The first kappa shape index (κ1) is 24.9. The molecule has 0 bridgehead atoms. The predicted molar refractivity (Wildman–Crippen MR) is 150 cm³/mol. The number of nitrogens with zero attached hydrogens (tertiary/aromatic N) is 1. The van der Waals surface area contributed by atoms with Crippen LogP contribution >= 0.6 is 23.2 Å². The van der Waals surface area contributed by atoms with Crippen LogP contribution in [0, 0.1) is 6.92 Å². The Morgan fingerprint density at radius 2 is 1.70 bits per heavy atom.